The summed E-state index contributed by atoms with van der Waals surface area (Å²) < 4.78 is 0. The van der Waals surface area contributed by atoms with Gasteiger partial charge in [0.15, 0.2) is 5.13 Å². The van der Waals surface area contributed by atoms with Gasteiger partial charge in [0.2, 0.25) is 0 Å². The topological polar surface area (TPSA) is 68.0 Å². The Morgan fingerprint density at radius 2 is 2.38 bits per heavy atom. The van der Waals surface area contributed by atoms with Crippen molar-refractivity contribution in [1.29, 1.82) is 0 Å². The second kappa shape index (κ2) is 6.13. The average molecular weight is 237 g/mol. The summed E-state index contributed by atoms with van der Waals surface area (Å²) in [5.74, 6) is 2.46. The van der Waals surface area contributed by atoms with E-state index in [9.17, 15) is 4.79 Å². The first-order valence-corrected chi connectivity index (χ1v) is 5.91. The summed E-state index contributed by atoms with van der Waals surface area (Å²) in [6, 6.07) is 0. The number of carbonyl (C=O) groups is 1. The molecule has 0 saturated carbocycles. The molecule has 0 saturated heterocycles. The van der Waals surface area contributed by atoms with Gasteiger partial charge in [-0.1, -0.05) is 11.3 Å². The first kappa shape index (κ1) is 12.5. The zero-order chi connectivity index (χ0) is 12.0. The molecule has 1 heterocycles. The number of hydrogen-bond donors (Lipinski definition) is 2. The van der Waals surface area contributed by atoms with E-state index in [-0.39, 0.29) is 5.91 Å². The van der Waals surface area contributed by atoms with Crippen LogP contribution in [-0.2, 0) is 0 Å². The highest BCUT2D eigenvalue weighted by molar-refractivity contribution is 7.17. The van der Waals surface area contributed by atoms with E-state index in [1.165, 1.54) is 11.3 Å². The molecule has 4 nitrogen and oxygen atoms in total. The van der Waals surface area contributed by atoms with Crippen LogP contribution < -0.4 is 11.1 Å². The van der Waals surface area contributed by atoms with Crippen LogP contribution in [0.25, 0.3) is 0 Å². The Balaban J connectivity index is 2.36. The highest BCUT2D eigenvalue weighted by atomic mass is 32.1. The van der Waals surface area contributed by atoms with Gasteiger partial charge in [0, 0.05) is 13.0 Å². The smallest absolute Gasteiger partial charge is 0.263 e. The van der Waals surface area contributed by atoms with Crippen LogP contribution in [-0.4, -0.2) is 17.4 Å². The fourth-order valence-corrected chi connectivity index (χ4v) is 2.01. The molecule has 1 rings (SSSR count). The molecule has 0 spiro atoms. The van der Waals surface area contributed by atoms with Gasteiger partial charge in [0.1, 0.15) is 4.88 Å². The van der Waals surface area contributed by atoms with Crippen molar-refractivity contribution in [3.63, 3.8) is 0 Å². The van der Waals surface area contributed by atoms with Crippen LogP contribution in [0.15, 0.2) is 0 Å². The molecule has 86 valence electrons. The van der Waals surface area contributed by atoms with Gasteiger partial charge < -0.3 is 11.1 Å². The molecule has 0 radical (unpaired) electrons. The number of terminal acetylenes is 1. The maximum atomic E-state index is 11.7. The highest BCUT2D eigenvalue weighted by Crippen LogP contribution is 2.19. The lowest BCUT2D eigenvalue weighted by molar-refractivity contribution is 0.0956. The van der Waals surface area contributed by atoms with Crippen molar-refractivity contribution in [2.45, 2.75) is 26.2 Å². The molecule has 0 fully saturated rings. The van der Waals surface area contributed by atoms with Crippen LogP contribution >= 0.6 is 11.3 Å². The molecule has 0 aromatic carbocycles. The van der Waals surface area contributed by atoms with Crippen LogP contribution in [0.2, 0.25) is 0 Å². The first-order chi connectivity index (χ1) is 7.65. The monoisotopic (exact) mass is 237 g/mol. The zero-order valence-electron chi connectivity index (χ0n) is 9.25. The van der Waals surface area contributed by atoms with E-state index >= 15 is 0 Å². The van der Waals surface area contributed by atoms with E-state index in [2.05, 4.69) is 16.2 Å². The molecule has 0 aliphatic carbocycles. The van der Waals surface area contributed by atoms with E-state index in [0.29, 0.717) is 22.2 Å². The summed E-state index contributed by atoms with van der Waals surface area (Å²) in [4.78, 5) is 16.3. The number of nitrogen functional groups attached to an aromatic ring is 1. The minimum Gasteiger partial charge on any atom is -0.375 e. The number of carbonyl (C=O) groups excluding carboxylic acids is 1. The molecular formula is C11H15N3OS. The van der Waals surface area contributed by atoms with Crippen LogP contribution in [0.5, 0.6) is 0 Å². The van der Waals surface area contributed by atoms with E-state index in [4.69, 9.17) is 12.2 Å². The van der Waals surface area contributed by atoms with Gasteiger partial charge in [-0.25, -0.2) is 4.98 Å². The summed E-state index contributed by atoms with van der Waals surface area (Å²) in [6.07, 6.45) is 7.70. The highest BCUT2D eigenvalue weighted by Gasteiger charge is 2.12. The number of nitrogens with two attached hydrogens (primary N) is 1. The van der Waals surface area contributed by atoms with Crippen molar-refractivity contribution < 1.29 is 4.79 Å². The molecule has 0 aliphatic rings. The van der Waals surface area contributed by atoms with Gasteiger partial charge in [0.05, 0.1) is 5.69 Å². The number of aromatic nitrogens is 1. The molecule has 0 unspecified atom stereocenters. The number of unbranched alkanes of at least 4 members (excludes halogenated alkanes) is 2. The Morgan fingerprint density at radius 1 is 1.62 bits per heavy atom. The van der Waals surface area contributed by atoms with Crippen LogP contribution in [0.3, 0.4) is 0 Å². The lowest BCUT2D eigenvalue weighted by atomic mass is 10.2. The second-order valence-electron chi connectivity index (χ2n) is 3.38. The number of anilines is 1. The molecule has 1 amide bonds. The van der Waals surface area contributed by atoms with Crippen molar-refractivity contribution in [2.75, 3.05) is 12.3 Å². The summed E-state index contributed by atoms with van der Waals surface area (Å²) in [7, 11) is 0. The molecular weight excluding hydrogens is 222 g/mol. The maximum absolute atomic E-state index is 11.7. The van der Waals surface area contributed by atoms with E-state index in [1.54, 1.807) is 6.92 Å². The predicted molar refractivity (Wildman–Crippen MR) is 66.3 cm³/mol. The number of nitrogens with one attached hydrogen (secondary N) is 1. The molecule has 0 bridgehead atoms. The largest absolute Gasteiger partial charge is 0.375 e. The van der Waals surface area contributed by atoms with Crippen LogP contribution in [0.4, 0.5) is 5.13 Å². The zero-order valence-corrected chi connectivity index (χ0v) is 10.1. The van der Waals surface area contributed by atoms with E-state index in [0.717, 1.165) is 19.3 Å². The second-order valence-corrected chi connectivity index (χ2v) is 4.41. The molecule has 3 N–H and O–H groups in total. The number of thiazole rings is 1. The van der Waals surface area contributed by atoms with Gasteiger partial charge in [-0.2, -0.15) is 0 Å². The van der Waals surface area contributed by atoms with Crippen molar-refractivity contribution in [1.82, 2.24) is 10.3 Å². The van der Waals surface area contributed by atoms with Gasteiger partial charge >= 0.3 is 0 Å². The third kappa shape index (κ3) is 3.55. The van der Waals surface area contributed by atoms with Crippen LogP contribution in [0, 0.1) is 19.3 Å². The summed E-state index contributed by atoms with van der Waals surface area (Å²) in [5, 5.41) is 3.25. The Bertz CT molecular complexity index is 406. The van der Waals surface area contributed by atoms with Crippen molar-refractivity contribution in [2.24, 2.45) is 0 Å². The quantitative estimate of drug-likeness (QED) is 0.603. The molecule has 0 aliphatic heterocycles. The Hall–Kier alpha value is -1.54. The minimum atomic E-state index is -0.104. The maximum Gasteiger partial charge on any atom is 0.263 e. The van der Waals surface area contributed by atoms with E-state index < -0.39 is 0 Å². The average Bonchev–Trinajstić information content (AvgIpc) is 2.57. The fraction of sp³-hybridized carbons (Fsp3) is 0.455. The van der Waals surface area contributed by atoms with Gasteiger partial charge in [0.25, 0.3) is 5.91 Å². The standard InChI is InChI=1S/C11H15N3OS/c1-3-4-5-6-7-13-10(15)9-8(2)14-11(12)16-9/h1H,4-7H2,2H3,(H2,12,14)(H,13,15). The molecule has 16 heavy (non-hydrogen) atoms. The number of nitrogens with zero attached hydrogens (tertiary/aromatic N) is 1. The first-order valence-electron chi connectivity index (χ1n) is 5.09. The molecule has 0 atom stereocenters. The minimum absolute atomic E-state index is 0.104. The lowest BCUT2D eigenvalue weighted by Crippen LogP contribution is -2.24. The van der Waals surface area contributed by atoms with Gasteiger partial charge in [-0.15, -0.1) is 12.3 Å². The Labute approximate surface area is 99.3 Å². The number of hydrogen-bond acceptors (Lipinski definition) is 4. The number of rotatable bonds is 5. The Kier molecular flexibility index (Phi) is 4.80. The number of aryl methyl sites for hydroxylation is 1. The summed E-state index contributed by atoms with van der Waals surface area (Å²) in [5.41, 5.74) is 6.20. The van der Waals surface area contributed by atoms with Crippen LogP contribution in [0.1, 0.15) is 34.6 Å². The number of amides is 1. The van der Waals surface area contributed by atoms with Crippen molar-refractivity contribution >= 4 is 22.4 Å². The lowest BCUT2D eigenvalue weighted by Gasteiger charge is -2.02. The van der Waals surface area contributed by atoms with Crippen molar-refractivity contribution in [3.8, 4) is 12.3 Å². The predicted octanol–water partition coefficient (Wildman–Crippen LogP) is 1.57. The van der Waals surface area contributed by atoms with Crippen molar-refractivity contribution in [3.05, 3.63) is 10.6 Å². The fourth-order valence-electron chi connectivity index (χ4n) is 1.26. The molecule has 1 aromatic heterocycles. The molecule has 5 heteroatoms. The van der Waals surface area contributed by atoms with Gasteiger partial charge in [-0.3, -0.25) is 4.79 Å². The molecule has 1 aromatic rings. The SMILES string of the molecule is C#CCCCCNC(=O)c1sc(N)nc1C. The van der Waals surface area contributed by atoms with E-state index in [1.807, 2.05) is 0 Å². The van der Waals surface area contributed by atoms with Gasteiger partial charge in [-0.05, 0) is 19.8 Å². The third-order valence-corrected chi connectivity index (χ3v) is 3.04. The Morgan fingerprint density at radius 3 is 2.94 bits per heavy atom. The normalized spacial score (nSPS) is 9.75. The summed E-state index contributed by atoms with van der Waals surface area (Å²) >= 11 is 1.21. The summed E-state index contributed by atoms with van der Waals surface area (Å²) in [6.45, 7) is 2.41. The third-order valence-electron chi connectivity index (χ3n) is 2.05.